The van der Waals surface area contributed by atoms with E-state index in [-0.39, 0.29) is 6.54 Å². The minimum Gasteiger partial charge on any atom is -0.480 e. The first-order valence-electron chi connectivity index (χ1n) is 9.57. The molecular weight excluding hydrogens is 423 g/mol. The lowest BCUT2D eigenvalue weighted by atomic mass is 9.98. The molecule has 0 spiro atoms. The van der Waals surface area contributed by atoms with Gasteiger partial charge in [-0.1, -0.05) is 42.5 Å². The van der Waals surface area contributed by atoms with E-state index >= 15 is 0 Å². The molecule has 0 aliphatic rings. The lowest BCUT2D eigenvalue weighted by Crippen LogP contribution is -2.25. The van der Waals surface area contributed by atoms with E-state index in [0.717, 1.165) is 33.7 Å². The Kier molecular flexibility index (Phi) is 6.97. The number of benzene rings is 2. The monoisotopic (exact) mass is 445 g/mol. The fourth-order valence-corrected chi connectivity index (χ4v) is 4.16. The molecule has 1 aromatic heterocycles. The van der Waals surface area contributed by atoms with Crippen molar-refractivity contribution in [2.45, 2.75) is 13.1 Å². The van der Waals surface area contributed by atoms with Crippen molar-refractivity contribution in [2.75, 3.05) is 20.1 Å². The van der Waals surface area contributed by atoms with Crippen molar-refractivity contribution >= 4 is 22.9 Å². The van der Waals surface area contributed by atoms with Gasteiger partial charge in [0.05, 0.1) is 12.1 Å². The summed E-state index contributed by atoms with van der Waals surface area (Å²) in [5.41, 5.74) is 3.53. The fourth-order valence-electron chi connectivity index (χ4n) is 3.19. The van der Waals surface area contributed by atoms with Crippen molar-refractivity contribution in [3.8, 4) is 11.1 Å². The number of carboxylic acid groups (broad SMARTS) is 1. The third-order valence-electron chi connectivity index (χ3n) is 4.73. The maximum atomic E-state index is 13.0. The molecule has 0 aliphatic carbocycles. The first-order valence-corrected chi connectivity index (χ1v) is 10.5. The highest BCUT2D eigenvalue weighted by molar-refractivity contribution is 7.11. The summed E-state index contributed by atoms with van der Waals surface area (Å²) < 4.78 is 39.1. The average molecular weight is 446 g/mol. The minimum absolute atomic E-state index is 0.0677. The molecule has 0 unspecified atom stereocenters. The molecule has 3 rings (SSSR count). The molecule has 0 saturated carbocycles. The predicted molar refractivity (Wildman–Crippen MR) is 118 cm³/mol. The Hall–Kier alpha value is -2.90. The number of halogens is 3. The molecule has 7 heteroatoms. The number of aryl methyl sites for hydroxylation is 1. The highest BCUT2D eigenvalue weighted by Gasteiger charge is 2.30. The van der Waals surface area contributed by atoms with Crippen LogP contribution in [0.2, 0.25) is 0 Å². The number of alkyl halides is 3. The number of nitrogens with zero attached hydrogens (tertiary/aromatic N) is 1. The van der Waals surface area contributed by atoms with E-state index in [1.807, 2.05) is 30.5 Å². The molecule has 162 valence electrons. The van der Waals surface area contributed by atoms with Gasteiger partial charge in [0.15, 0.2) is 0 Å². The average Bonchev–Trinajstić information content (AvgIpc) is 3.13. The Labute approximate surface area is 183 Å². The summed E-state index contributed by atoms with van der Waals surface area (Å²) in [6.07, 6.45) is -2.40. The second kappa shape index (κ2) is 9.49. The largest absolute Gasteiger partial charge is 0.480 e. The number of hydrogen-bond acceptors (Lipinski definition) is 3. The van der Waals surface area contributed by atoms with Gasteiger partial charge in [0, 0.05) is 11.4 Å². The van der Waals surface area contributed by atoms with Gasteiger partial charge in [-0.3, -0.25) is 9.69 Å². The number of rotatable bonds is 7. The molecule has 0 amide bonds. The van der Waals surface area contributed by atoms with Gasteiger partial charge in [-0.2, -0.15) is 13.2 Å². The molecule has 0 aliphatic heterocycles. The number of hydrogen-bond donors (Lipinski definition) is 1. The van der Waals surface area contributed by atoms with Gasteiger partial charge in [0.25, 0.3) is 0 Å². The zero-order valence-electron chi connectivity index (χ0n) is 17.1. The topological polar surface area (TPSA) is 40.5 Å². The summed E-state index contributed by atoms with van der Waals surface area (Å²) in [5, 5.41) is 11.0. The SMILES string of the molecule is Cc1csc(C(=CCN(C)CC(=O)O)c2ccc(-c3cccc(C(F)(F)F)c3)cc2)c1. The second-order valence-electron chi connectivity index (χ2n) is 7.35. The van der Waals surface area contributed by atoms with Crippen LogP contribution >= 0.6 is 11.3 Å². The summed E-state index contributed by atoms with van der Waals surface area (Å²) in [6.45, 7) is 2.39. The molecule has 1 heterocycles. The summed E-state index contributed by atoms with van der Waals surface area (Å²) in [6, 6.07) is 14.7. The Morgan fingerprint density at radius 1 is 1.10 bits per heavy atom. The van der Waals surface area contributed by atoms with Crippen LogP contribution in [0.4, 0.5) is 13.2 Å². The Morgan fingerprint density at radius 3 is 2.39 bits per heavy atom. The molecule has 0 saturated heterocycles. The highest BCUT2D eigenvalue weighted by atomic mass is 32.1. The molecule has 0 atom stereocenters. The number of aliphatic carboxylic acids is 1. The first kappa shape index (κ1) is 22.8. The molecule has 0 radical (unpaired) electrons. The van der Waals surface area contributed by atoms with Gasteiger partial charge in [-0.25, -0.2) is 0 Å². The minimum atomic E-state index is -4.38. The van der Waals surface area contributed by atoms with E-state index in [1.165, 1.54) is 6.07 Å². The summed E-state index contributed by atoms with van der Waals surface area (Å²) in [4.78, 5) is 13.7. The molecule has 2 aromatic carbocycles. The standard InChI is InChI=1S/C24H22F3NO2S/c1-16-12-22(31-15-16)21(10-11-28(2)14-23(29)30)18-8-6-17(7-9-18)19-4-3-5-20(13-19)24(25,26)27/h3-10,12-13,15H,11,14H2,1-2H3,(H,29,30). The maximum absolute atomic E-state index is 13.0. The summed E-state index contributed by atoms with van der Waals surface area (Å²) in [7, 11) is 1.73. The van der Waals surface area contributed by atoms with Crippen molar-refractivity contribution < 1.29 is 23.1 Å². The van der Waals surface area contributed by atoms with Gasteiger partial charge in [-0.05, 0) is 65.4 Å². The maximum Gasteiger partial charge on any atom is 0.416 e. The zero-order valence-corrected chi connectivity index (χ0v) is 17.9. The van der Waals surface area contributed by atoms with E-state index in [4.69, 9.17) is 5.11 Å². The van der Waals surface area contributed by atoms with E-state index in [1.54, 1.807) is 41.5 Å². The van der Waals surface area contributed by atoms with Crippen molar-refractivity contribution in [1.82, 2.24) is 4.90 Å². The molecule has 1 N–H and O–H groups in total. The van der Waals surface area contributed by atoms with Crippen molar-refractivity contribution in [3.63, 3.8) is 0 Å². The summed E-state index contributed by atoms with van der Waals surface area (Å²) >= 11 is 1.60. The van der Waals surface area contributed by atoms with Crippen LogP contribution in [0.1, 0.15) is 21.6 Å². The molecule has 0 fully saturated rings. The van der Waals surface area contributed by atoms with Crippen LogP contribution < -0.4 is 0 Å². The molecule has 0 bridgehead atoms. The van der Waals surface area contributed by atoms with E-state index in [9.17, 15) is 18.0 Å². The first-order chi connectivity index (χ1) is 14.6. The smallest absolute Gasteiger partial charge is 0.416 e. The van der Waals surface area contributed by atoms with Gasteiger partial charge < -0.3 is 5.11 Å². The number of thiophene rings is 1. The third kappa shape index (κ3) is 6.06. The quantitative estimate of drug-likeness (QED) is 0.471. The van der Waals surface area contributed by atoms with Crippen LogP contribution in [0.15, 0.2) is 66.1 Å². The predicted octanol–water partition coefficient (Wildman–Crippen LogP) is 6.19. The van der Waals surface area contributed by atoms with Crippen molar-refractivity contribution in [2.24, 2.45) is 0 Å². The molecule has 3 aromatic rings. The third-order valence-corrected chi connectivity index (χ3v) is 5.81. The second-order valence-corrected chi connectivity index (χ2v) is 8.26. The van der Waals surface area contributed by atoms with Crippen molar-refractivity contribution in [3.05, 3.63) is 87.6 Å². The van der Waals surface area contributed by atoms with Gasteiger partial charge in [0.1, 0.15) is 0 Å². The molecular formula is C24H22F3NO2S. The Morgan fingerprint density at radius 2 is 1.81 bits per heavy atom. The van der Waals surface area contributed by atoms with Crippen LogP contribution in [-0.4, -0.2) is 36.1 Å². The van der Waals surface area contributed by atoms with E-state index in [0.29, 0.717) is 17.7 Å². The van der Waals surface area contributed by atoms with Gasteiger partial charge in [0.2, 0.25) is 0 Å². The lowest BCUT2D eigenvalue weighted by molar-refractivity contribution is -0.138. The van der Waals surface area contributed by atoms with Gasteiger partial charge in [-0.15, -0.1) is 11.3 Å². The number of likely N-dealkylation sites (N-methyl/N-ethyl adjacent to an activating group) is 1. The Balaban J connectivity index is 1.91. The van der Waals surface area contributed by atoms with Crippen LogP contribution in [0.3, 0.4) is 0 Å². The zero-order chi connectivity index (χ0) is 22.6. The highest BCUT2D eigenvalue weighted by Crippen LogP contribution is 2.34. The van der Waals surface area contributed by atoms with E-state index < -0.39 is 17.7 Å². The van der Waals surface area contributed by atoms with Gasteiger partial charge >= 0.3 is 12.1 Å². The van der Waals surface area contributed by atoms with Crippen LogP contribution in [0, 0.1) is 6.92 Å². The summed E-state index contributed by atoms with van der Waals surface area (Å²) in [5.74, 6) is -0.894. The van der Waals surface area contributed by atoms with Crippen molar-refractivity contribution in [1.29, 1.82) is 0 Å². The normalized spacial score (nSPS) is 12.4. The Bertz CT molecular complexity index is 1080. The van der Waals surface area contributed by atoms with Crippen LogP contribution in [-0.2, 0) is 11.0 Å². The molecule has 3 nitrogen and oxygen atoms in total. The van der Waals surface area contributed by atoms with Crippen LogP contribution in [0.25, 0.3) is 16.7 Å². The van der Waals surface area contributed by atoms with E-state index in [2.05, 4.69) is 6.07 Å². The lowest BCUT2D eigenvalue weighted by Gasteiger charge is -2.14. The molecule has 31 heavy (non-hydrogen) atoms. The fraction of sp³-hybridized carbons (Fsp3) is 0.208. The number of carboxylic acids is 1. The number of carbonyl (C=O) groups is 1. The van der Waals surface area contributed by atoms with Crippen LogP contribution in [0.5, 0.6) is 0 Å².